The van der Waals surface area contributed by atoms with Crippen LogP contribution in [0, 0.1) is 5.82 Å². The summed E-state index contributed by atoms with van der Waals surface area (Å²) in [4.78, 5) is 11.7. The van der Waals surface area contributed by atoms with Crippen molar-refractivity contribution in [2.45, 2.75) is 12.8 Å². The molecule has 2 aromatic rings. The van der Waals surface area contributed by atoms with Crippen molar-refractivity contribution in [3.05, 3.63) is 66.0 Å². The highest BCUT2D eigenvalue weighted by Gasteiger charge is 2.01. The molecule has 0 aliphatic carbocycles. The van der Waals surface area contributed by atoms with Gasteiger partial charge in [0.05, 0.1) is 0 Å². The Labute approximate surface area is 124 Å². The quantitative estimate of drug-likeness (QED) is 0.768. The van der Waals surface area contributed by atoms with E-state index in [2.05, 4.69) is 10.6 Å². The summed E-state index contributed by atoms with van der Waals surface area (Å²) >= 11 is 0. The summed E-state index contributed by atoms with van der Waals surface area (Å²) in [5, 5.41) is 6.05. The Kier molecular flexibility index (Phi) is 5.91. The second-order valence-electron chi connectivity index (χ2n) is 4.79. The van der Waals surface area contributed by atoms with E-state index in [0.29, 0.717) is 13.0 Å². The largest absolute Gasteiger partial charge is 0.326 e. The molecule has 2 aromatic carbocycles. The summed E-state index contributed by atoms with van der Waals surface area (Å²) in [7, 11) is 0. The molecule has 0 bridgehead atoms. The normalized spacial score (nSPS) is 10.3. The van der Waals surface area contributed by atoms with Gasteiger partial charge in [-0.3, -0.25) is 4.79 Å². The van der Waals surface area contributed by atoms with Gasteiger partial charge in [0.25, 0.3) is 0 Å². The molecule has 4 heteroatoms. The van der Waals surface area contributed by atoms with Crippen LogP contribution in [-0.2, 0) is 11.2 Å². The van der Waals surface area contributed by atoms with Crippen molar-refractivity contribution in [1.82, 2.24) is 5.32 Å². The lowest BCUT2D eigenvalue weighted by atomic mass is 10.1. The second kappa shape index (κ2) is 8.17. The lowest BCUT2D eigenvalue weighted by Gasteiger charge is -2.06. The summed E-state index contributed by atoms with van der Waals surface area (Å²) in [6.07, 6.45) is 1.25. The Hall–Kier alpha value is -2.20. The van der Waals surface area contributed by atoms with Crippen LogP contribution in [0.3, 0.4) is 0 Å². The van der Waals surface area contributed by atoms with Gasteiger partial charge in [0.1, 0.15) is 5.82 Å². The minimum Gasteiger partial charge on any atom is -0.326 e. The molecule has 0 aromatic heterocycles. The van der Waals surface area contributed by atoms with E-state index in [9.17, 15) is 9.18 Å². The first-order chi connectivity index (χ1) is 10.2. The van der Waals surface area contributed by atoms with E-state index in [1.807, 2.05) is 30.3 Å². The molecule has 0 radical (unpaired) electrons. The molecule has 1 amide bonds. The number of nitrogens with one attached hydrogen (secondary N) is 2. The molecule has 0 fully saturated rings. The van der Waals surface area contributed by atoms with Crippen LogP contribution in [0.2, 0.25) is 0 Å². The number of amides is 1. The number of carbonyl (C=O) groups excluding carboxylic acids is 1. The molecule has 0 saturated heterocycles. The maximum Gasteiger partial charge on any atom is 0.225 e. The Morgan fingerprint density at radius 1 is 0.952 bits per heavy atom. The van der Waals surface area contributed by atoms with Crippen LogP contribution >= 0.6 is 0 Å². The van der Waals surface area contributed by atoms with Crippen LogP contribution in [0.25, 0.3) is 0 Å². The molecule has 0 saturated carbocycles. The molecule has 0 aliphatic rings. The molecule has 0 aliphatic heterocycles. The molecule has 0 unspecified atom stereocenters. The van der Waals surface area contributed by atoms with E-state index in [1.54, 1.807) is 12.1 Å². The highest BCUT2D eigenvalue weighted by atomic mass is 19.1. The van der Waals surface area contributed by atoms with Crippen LogP contribution in [-0.4, -0.2) is 19.0 Å². The lowest BCUT2D eigenvalue weighted by molar-refractivity contribution is -0.116. The zero-order valence-electron chi connectivity index (χ0n) is 11.8. The van der Waals surface area contributed by atoms with Gasteiger partial charge in [0.2, 0.25) is 5.91 Å². The van der Waals surface area contributed by atoms with Crippen LogP contribution in [0.15, 0.2) is 54.6 Å². The van der Waals surface area contributed by atoms with Crippen molar-refractivity contribution >= 4 is 11.6 Å². The Morgan fingerprint density at radius 2 is 1.67 bits per heavy atom. The third-order valence-corrected chi connectivity index (χ3v) is 3.09. The van der Waals surface area contributed by atoms with Gasteiger partial charge in [-0.25, -0.2) is 4.39 Å². The smallest absolute Gasteiger partial charge is 0.225 e. The number of hydrogen-bond donors (Lipinski definition) is 2. The van der Waals surface area contributed by atoms with Crippen molar-refractivity contribution in [2.24, 2.45) is 0 Å². The van der Waals surface area contributed by atoms with Gasteiger partial charge in [0, 0.05) is 18.7 Å². The third kappa shape index (κ3) is 5.75. The Bertz CT molecular complexity index is 555. The van der Waals surface area contributed by atoms with Crippen LogP contribution in [0.1, 0.15) is 12.0 Å². The molecule has 3 nitrogen and oxygen atoms in total. The van der Waals surface area contributed by atoms with Gasteiger partial charge in [-0.1, -0.05) is 30.3 Å². The molecule has 2 N–H and O–H groups in total. The summed E-state index contributed by atoms with van der Waals surface area (Å²) < 4.78 is 12.7. The average Bonchev–Trinajstić information content (AvgIpc) is 2.50. The topological polar surface area (TPSA) is 41.1 Å². The summed E-state index contributed by atoms with van der Waals surface area (Å²) in [6, 6.07) is 15.9. The Morgan fingerprint density at radius 3 is 2.38 bits per heavy atom. The standard InChI is InChI=1S/C17H19FN2O/c18-15-8-6-14(7-9-15)10-12-19-13-11-17(21)20-16-4-2-1-3-5-16/h1-9,19H,10-13H2,(H,20,21). The van der Waals surface area contributed by atoms with E-state index in [0.717, 1.165) is 24.2 Å². The number of hydrogen-bond acceptors (Lipinski definition) is 2. The first kappa shape index (κ1) is 15.2. The molecule has 0 spiro atoms. The predicted molar refractivity (Wildman–Crippen MR) is 82.7 cm³/mol. The summed E-state index contributed by atoms with van der Waals surface area (Å²) in [5.41, 5.74) is 1.89. The number of halogens is 1. The molecule has 0 heterocycles. The number of rotatable bonds is 7. The van der Waals surface area contributed by atoms with E-state index in [-0.39, 0.29) is 11.7 Å². The molecule has 2 rings (SSSR count). The molecule has 110 valence electrons. The molecular weight excluding hydrogens is 267 g/mol. The highest BCUT2D eigenvalue weighted by Crippen LogP contribution is 2.05. The van der Waals surface area contributed by atoms with Gasteiger partial charge < -0.3 is 10.6 Å². The monoisotopic (exact) mass is 286 g/mol. The summed E-state index contributed by atoms with van der Waals surface area (Å²) in [5.74, 6) is -0.222. The van der Waals surface area contributed by atoms with Crippen LogP contribution in [0.5, 0.6) is 0 Å². The van der Waals surface area contributed by atoms with Gasteiger partial charge in [0.15, 0.2) is 0 Å². The lowest BCUT2D eigenvalue weighted by Crippen LogP contribution is -2.23. The summed E-state index contributed by atoms with van der Waals surface area (Å²) in [6.45, 7) is 1.39. The number of benzene rings is 2. The van der Waals surface area contributed by atoms with E-state index in [1.165, 1.54) is 12.1 Å². The molecular formula is C17H19FN2O. The maximum atomic E-state index is 12.7. The first-order valence-corrected chi connectivity index (χ1v) is 7.04. The van der Waals surface area contributed by atoms with E-state index in [4.69, 9.17) is 0 Å². The Balaban J connectivity index is 1.59. The van der Waals surface area contributed by atoms with Gasteiger partial charge >= 0.3 is 0 Å². The fourth-order valence-electron chi connectivity index (χ4n) is 1.96. The highest BCUT2D eigenvalue weighted by molar-refractivity contribution is 5.90. The van der Waals surface area contributed by atoms with Gasteiger partial charge in [-0.15, -0.1) is 0 Å². The van der Waals surface area contributed by atoms with Crippen molar-refractivity contribution in [3.63, 3.8) is 0 Å². The van der Waals surface area contributed by atoms with Crippen molar-refractivity contribution in [3.8, 4) is 0 Å². The SMILES string of the molecule is O=C(CCNCCc1ccc(F)cc1)Nc1ccccc1. The van der Waals surface area contributed by atoms with Crippen LogP contribution < -0.4 is 10.6 Å². The third-order valence-electron chi connectivity index (χ3n) is 3.09. The molecule has 21 heavy (non-hydrogen) atoms. The van der Waals surface area contributed by atoms with E-state index >= 15 is 0 Å². The van der Waals surface area contributed by atoms with E-state index < -0.39 is 0 Å². The first-order valence-electron chi connectivity index (χ1n) is 7.04. The fourth-order valence-corrected chi connectivity index (χ4v) is 1.96. The number of anilines is 1. The second-order valence-corrected chi connectivity index (χ2v) is 4.79. The van der Waals surface area contributed by atoms with Crippen molar-refractivity contribution < 1.29 is 9.18 Å². The van der Waals surface area contributed by atoms with Crippen molar-refractivity contribution in [1.29, 1.82) is 0 Å². The zero-order valence-corrected chi connectivity index (χ0v) is 11.8. The fraction of sp³-hybridized carbons (Fsp3) is 0.235. The number of para-hydroxylation sites is 1. The van der Waals surface area contributed by atoms with Crippen LogP contribution in [0.4, 0.5) is 10.1 Å². The minimum atomic E-state index is -0.218. The average molecular weight is 286 g/mol. The van der Waals surface area contributed by atoms with Gasteiger partial charge in [-0.2, -0.15) is 0 Å². The zero-order chi connectivity index (χ0) is 14.9. The molecule has 0 atom stereocenters. The predicted octanol–water partition coefficient (Wildman–Crippen LogP) is 2.99. The van der Waals surface area contributed by atoms with Crippen molar-refractivity contribution in [2.75, 3.05) is 18.4 Å². The van der Waals surface area contributed by atoms with Gasteiger partial charge in [-0.05, 0) is 42.8 Å². The minimum absolute atomic E-state index is 0.00418. The number of carbonyl (C=O) groups is 1. The maximum absolute atomic E-state index is 12.7.